The molecular weight excluding hydrogens is 384 g/mol. The van der Waals surface area contributed by atoms with E-state index in [1.165, 1.54) is 7.11 Å². The van der Waals surface area contributed by atoms with E-state index in [4.69, 9.17) is 13.6 Å². The number of phenolic OH excluding ortho intramolecular Hbond substituents is 1. The number of aromatic hydroxyl groups is 1. The Balaban J connectivity index is 0.00000218. The van der Waals surface area contributed by atoms with Gasteiger partial charge in [0.15, 0.2) is 11.2 Å². The number of benzene rings is 3. The Kier molecular flexibility index (Phi) is 4.71. The van der Waals surface area contributed by atoms with Gasteiger partial charge in [0, 0.05) is 0 Å². The molecule has 0 spiro atoms. The Labute approximate surface area is 171 Å². The number of carbonyl (C=O) groups is 1. The molecule has 0 saturated heterocycles. The monoisotopic (exact) mass is 402 g/mol. The number of hydrogen-bond donors (Lipinski definition) is 1. The Morgan fingerprint density at radius 2 is 1.43 bits per heavy atom. The topological polar surface area (TPSA) is 98.6 Å². The number of rotatable bonds is 3. The summed E-state index contributed by atoms with van der Waals surface area (Å²) in [6, 6.07) is 17.3. The Morgan fingerprint density at radius 3 is 2.17 bits per heavy atom. The van der Waals surface area contributed by atoms with Crippen molar-refractivity contribution in [2.24, 2.45) is 0 Å². The van der Waals surface area contributed by atoms with Crippen LogP contribution in [0.4, 0.5) is 0 Å². The SMILES string of the molecule is C.COC(=O)c1cccc2oc(-c3cccc4oc(-c5ccccc5O)nc34)nc12. The third-order valence-electron chi connectivity index (χ3n) is 4.61. The summed E-state index contributed by atoms with van der Waals surface area (Å²) < 4.78 is 16.5. The largest absolute Gasteiger partial charge is 0.507 e. The fourth-order valence-corrected chi connectivity index (χ4v) is 3.23. The number of esters is 1. The lowest BCUT2D eigenvalue weighted by Gasteiger charge is -1.97. The first-order valence-electron chi connectivity index (χ1n) is 8.82. The number of carbonyl (C=O) groups excluding carboxylic acids is 1. The van der Waals surface area contributed by atoms with Gasteiger partial charge in [0.1, 0.15) is 16.8 Å². The lowest BCUT2D eigenvalue weighted by Crippen LogP contribution is -2.01. The zero-order valence-electron chi connectivity index (χ0n) is 15.2. The van der Waals surface area contributed by atoms with Crippen LogP contribution in [0, 0.1) is 0 Å². The molecule has 7 heteroatoms. The summed E-state index contributed by atoms with van der Waals surface area (Å²) in [6.45, 7) is 0. The molecule has 30 heavy (non-hydrogen) atoms. The molecule has 5 aromatic rings. The van der Waals surface area contributed by atoms with Gasteiger partial charge < -0.3 is 18.7 Å². The van der Waals surface area contributed by atoms with Gasteiger partial charge in [-0.1, -0.05) is 31.7 Å². The first-order chi connectivity index (χ1) is 14.2. The standard InChI is InChI=1S/C22H14N2O5.CH4/c1-27-22(26)14-8-5-11-17-19(14)24-21(29-17)13-7-4-10-16-18(13)23-20(28-16)12-6-2-3-9-15(12)25;/h2-11,25H,1H3;1H4. The second-order valence-corrected chi connectivity index (χ2v) is 6.35. The number of phenols is 1. The second kappa shape index (κ2) is 7.36. The zero-order valence-corrected chi connectivity index (χ0v) is 15.2. The molecule has 0 aliphatic rings. The molecule has 0 aliphatic heterocycles. The van der Waals surface area contributed by atoms with Gasteiger partial charge in [-0.15, -0.1) is 0 Å². The molecule has 0 fully saturated rings. The van der Waals surface area contributed by atoms with E-state index in [1.54, 1.807) is 54.6 Å². The Bertz CT molecular complexity index is 1380. The minimum absolute atomic E-state index is 0. The molecule has 2 heterocycles. The van der Waals surface area contributed by atoms with Gasteiger partial charge in [-0.2, -0.15) is 0 Å². The normalized spacial score (nSPS) is 10.8. The average Bonchev–Trinajstić information content (AvgIpc) is 3.37. The number of hydrogen-bond acceptors (Lipinski definition) is 7. The molecule has 0 amide bonds. The number of methoxy groups -OCH3 is 1. The van der Waals surface area contributed by atoms with Crippen LogP contribution in [-0.2, 0) is 4.74 Å². The molecule has 150 valence electrons. The predicted octanol–water partition coefficient (Wildman–Crippen LogP) is 5.43. The van der Waals surface area contributed by atoms with Gasteiger partial charge in [0.25, 0.3) is 0 Å². The number of para-hydroxylation sites is 3. The predicted molar refractivity (Wildman–Crippen MR) is 112 cm³/mol. The van der Waals surface area contributed by atoms with Gasteiger partial charge in [-0.25, -0.2) is 14.8 Å². The van der Waals surface area contributed by atoms with Crippen molar-refractivity contribution in [3.05, 3.63) is 66.2 Å². The second-order valence-electron chi connectivity index (χ2n) is 6.35. The molecule has 1 N–H and O–H groups in total. The summed E-state index contributed by atoms with van der Waals surface area (Å²) in [5.41, 5.74) is 3.36. The van der Waals surface area contributed by atoms with Crippen LogP contribution < -0.4 is 0 Å². The highest BCUT2D eigenvalue weighted by molar-refractivity contribution is 6.02. The van der Waals surface area contributed by atoms with Crippen LogP contribution >= 0.6 is 0 Å². The van der Waals surface area contributed by atoms with Crippen molar-refractivity contribution in [2.45, 2.75) is 7.43 Å². The van der Waals surface area contributed by atoms with Gasteiger partial charge in [-0.05, 0) is 36.4 Å². The molecule has 0 radical (unpaired) electrons. The lowest BCUT2D eigenvalue weighted by atomic mass is 10.2. The zero-order chi connectivity index (χ0) is 20.0. The van der Waals surface area contributed by atoms with Crippen LogP contribution in [0.5, 0.6) is 5.75 Å². The fraction of sp³-hybridized carbons (Fsp3) is 0.0870. The van der Waals surface area contributed by atoms with Crippen molar-refractivity contribution in [3.8, 4) is 28.7 Å². The van der Waals surface area contributed by atoms with Gasteiger partial charge in [-0.3, -0.25) is 0 Å². The van der Waals surface area contributed by atoms with E-state index in [0.717, 1.165) is 0 Å². The molecule has 0 atom stereocenters. The van der Waals surface area contributed by atoms with E-state index in [-0.39, 0.29) is 19.1 Å². The number of ether oxygens (including phenoxy) is 1. The highest BCUT2D eigenvalue weighted by Gasteiger charge is 2.20. The molecule has 2 aromatic heterocycles. The van der Waals surface area contributed by atoms with E-state index < -0.39 is 5.97 Å². The van der Waals surface area contributed by atoms with Crippen LogP contribution in [0.25, 0.3) is 45.1 Å². The van der Waals surface area contributed by atoms with Crippen molar-refractivity contribution in [2.75, 3.05) is 7.11 Å². The van der Waals surface area contributed by atoms with Crippen molar-refractivity contribution in [1.29, 1.82) is 0 Å². The van der Waals surface area contributed by atoms with Gasteiger partial charge in [0.2, 0.25) is 11.8 Å². The molecule has 0 bridgehead atoms. The van der Waals surface area contributed by atoms with Crippen molar-refractivity contribution < 1.29 is 23.5 Å². The molecule has 5 rings (SSSR count). The smallest absolute Gasteiger partial charge is 0.340 e. The average molecular weight is 402 g/mol. The van der Waals surface area contributed by atoms with Crippen LogP contribution in [0.2, 0.25) is 0 Å². The third kappa shape index (κ3) is 2.97. The molecule has 7 nitrogen and oxygen atoms in total. The maximum absolute atomic E-state index is 12.0. The highest BCUT2D eigenvalue weighted by Crippen LogP contribution is 2.35. The van der Waals surface area contributed by atoms with E-state index in [1.807, 2.05) is 6.07 Å². The quantitative estimate of drug-likeness (QED) is 0.402. The van der Waals surface area contributed by atoms with E-state index in [2.05, 4.69) is 9.97 Å². The Morgan fingerprint density at radius 1 is 0.833 bits per heavy atom. The van der Waals surface area contributed by atoms with E-state index in [0.29, 0.717) is 44.8 Å². The van der Waals surface area contributed by atoms with Gasteiger partial charge >= 0.3 is 5.97 Å². The maximum Gasteiger partial charge on any atom is 0.340 e. The third-order valence-corrected chi connectivity index (χ3v) is 4.61. The van der Waals surface area contributed by atoms with Crippen LogP contribution in [-0.4, -0.2) is 28.2 Å². The fourth-order valence-electron chi connectivity index (χ4n) is 3.23. The minimum Gasteiger partial charge on any atom is -0.507 e. The van der Waals surface area contributed by atoms with E-state index in [9.17, 15) is 9.90 Å². The minimum atomic E-state index is -0.489. The summed E-state index contributed by atoms with van der Waals surface area (Å²) in [5, 5.41) is 10.1. The van der Waals surface area contributed by atoms with Crippen molar-refractivity contribution in [3.63, 3.8) is 0 Å². The summed E-state index contributed by atoms with van der Waals surface area (Å²) in [5.74, 6) is 0.179. The van der Waals surface area contributed by atoms with Gasteiger partial charge in [0.05, 0.1) is 23.8 Å². The first-order valence-corrected chi connectivity index (χ1v) is 8.82. The summed E-state index contributed by atoms with van der Waals surface area (Å²) in [4.78, 5) is 21.1. The molecule has 0 unspecified atom stereocenters. The van der Waals surface area contributed by atoms with Crippen LogP contribution in [0.15, 0.2) is 69.5 Å². The number of oxazole rings is 2. The molecular formula is C23H18N2O5. The molecule has 0 aliphatic carbocycles. The summed E-state index contributed by atoms with van der Waals surface area (Å²) in [6.07, 6.45) is 0. The number of fused-ring (bicyclic) bond motifs is 2. The van der Waals surface area contributed by atoms with Crippen molar-refractivity contribution >= 4 is 28.2 Å². The summed E-state index contributed by atoms with van der Waals surface area (Å²) in [7, 11) is 1.32. The number of aromatic nitrogens is 2. The first kappa shape index (κ1) is 19.2. The highest BCUT2D eigenvalue weighted by atomic mass is 16.5. The molecule has 3 aromatic carbocycles. The van der Waals surface area contributed by atoms with E-state index >= 15 is 0 Å². The summed E-state index contributed by atoms with van der Waals surface area (Å²) >= 11 is 0. The maximum atomic E-state index is 12.0. The van der Waals surface area contributed by atoms with Crippen molar-refractivity contribution in [1.82, 2.24) is 9.97 Å². The molecule has 0 saturated carbocycles. The van der Waals surface area contributed by atoms with Crippen LogP contribution in [0.3, 0.4) is 0 Å². The Hall–Kier alpha value is -4.13. The lowest BCUT2D eigenvalue weighted by molar-refractivity contribution is 0.0602. The van der Waals surface area contributed by atoms with Crippen LogP contribution in [0.1, 0.15) is 17.8 Å². The number of nitrogens with zero attached hydrogens (tertiary/aromatic N) is 2.